The molecule has 1 aliphatic rings. The Morgan fingerprint density at radius 2 is 2.06 bits per heavy atom. The Hall–Kier alpha value is -0.470. The third-order valence-electron chi connectivity index (χ3n) is 2.88. The summed E-state index contributed by atoms with van der Waals surface area (Å²) in [6.45, 7) is 2.29. The highest BCUT2D eigenvalue weighted by atomic mass is 32.2. The molecule has 0 aromatic carbocycles. The summed E-state index contributed by atoms with van der Waals surface area (Å²) in [5, 5.41) is 6.69. The molecular weight excluding hydrogens is 270 g/mol. The predicted octanol–water partition coefficient (Wildman–Crippen LogP) is 1.15. The van der Waals surface area contributed by atoms with Crippen LogP contribution in [0.1, 0.15) is 24.8 Å². The molecule has 102 valence electrons. The fraction of sp³-hybridized carbons (Fsp3) is 0.636. The molecule has 0 spiro atoms. The number of hydrogen-bond donors (Lipinski definition) is 2. The second kappa shape index (κ2) is 6.12. The molecule has 1 aromatic rings. The van der Waals surface area contributed by atoms with Crippen molar-refractivity contribution < 1.29 is 8.42 Å². The van der Waals surface area contributed by atoms with Gasteiger partial charge < -0.3 is 5.32 Å². The van der Waals surface area contributed by atoms with E-state index >= 15 is 0 Å². The van der Waals surface area contributed by atoms with E-state index in [2.05, 4.69) is 10.1 Å². The van der Waals surface area contributed by atoms with Gasteiger partial charge in [-0.05, 0) is 36.9 Å². The van der Waals surface area contributed by atoms with Crippen molar-refractivity contribution in [1.82, 2.24) is 15.2 Å². The van der Waals surface area contributed by atoms with E-state index in [1.54, 1.807) is 11.1 Å². The summed E-state index contributed by atoms with van der Waals surface area (Å²) in [5.74, 6) is 0. The predicted molar refractivity (Wildman–Crippen MR) is 72.8 cm³/mol. The summed E-state index contributed by atoms with van der Waals surface area (Å²) in [6.07, 6.45) is 3.29. The second-order valence-electron chi connectivity index (χ2n) is 4.45. The Labute approximate surface area is 112 Å². The van der Waals surface area contributed by atoms with Crippen molar-refractivity contribution in [3.63, 3.8) is 0 Å². The lowest BCUT2D eigenvalue weighted by Gasteiger charge is -2.26. The lowest BCUT2D eigenvalue weighted by atomic mass is 10.2. The second-order valence-corrected chi connectivity index (χ2v) is 7.25. The van der Waals surface area contributed by atoms with Gasteiger partial charge in [-0.2, -0.15) is 0 Å². The smallest absolute Gasteiger partial charge is 0.262 e. The highest BCUT2D eigenvalue weighted by Crippen LogP contribution is 2.20. The molecule has 1 fully saturated rings. The van der Waals surface area contributed by atoms with E-state index in [4.69, 9.17) is 0 Å². The summed E-state index contributed by atoms with van der Waals surface area (Å²) in [6, 6.07) is 1.73. The van der Waals surface area contributed by atoms with Gasteiger partial charge in [-0.1, -0.05) is 6.42 Å². The van der Waals surface area contributed by atoms with Crippen molar-refractivity contribution in [3.05, 3.63) is 17.0 Å². The first-order chi connectivity index (χ1) is 8.62. The van der Waals surface area contributed by atoms with Crippen LogP contribution in [-0.4, -0.2) is 33.6 Å². The van der Waals surface area contributed by atoms with Crippen molar-refractivity contribution in [3.8, 4) is 0 Å². The Morgan fingerprint density at radius 1 is 1.33 bits per heavy atom. The van der Waals surface area contributed by atoms with Gasteiger partial charge in [0.15, 0.2) is 0 Å². The summed E-state index contributed by atoms with van der Waals surface area (Å²) >= 11 is 1.27. The van der Waals surface area contributed by atoms with Crippen molar-refractivity contribution in [2.75, 3.05) is 20.1 Å². The van der Waals surface area contributed by atoms with Gasteiger partial charge in [-0.15, -0.1) is 16.2 Å². The third-order valence-corrected chi connectivity index (χ3v) is 5.74. The van der Waals surface area contributed by atoms with Crippen LogP contribution in [0.3, 0.4) is 0 Å². The molecule has 2 rings (SSSR count). The number of thiophene rings is 1. The molecule has 1 aliphatic heterocycles. The Bertz CT molecular complexity index is 478. The standard InChI is InChI=1S/C11H19N3O2S2/c1-12-8-10-7-11(17-9-10)18(15,16)13-14-5-3-2-4-6-14/h7,9,12-13H,2-6,8H2,1H3. The zero-order valence-electron chi connectivity index (χ0n) is 10.5. The molecule has 0 atom stereocenters. The molecule has 5 nitrogen and oxygen atoms in total. The minimum Gasteiger partial charge on any atom is -0.316 e. The fourth-order valence-electron chi connectivity index (χ4n) is 1.99. The van der Waals surface area contributed by atoms with Crippen LogP contribution in [0.4, 0.5) is 0 Å². The molecule has 18 heavy (non-hydrogen) atoms. The van der Waals surface area contributed by atoms with Gasteiger partial charge >= 0.3 is 0 Å². The van der Waals surface area contributed by atoms with Crippen LogP contribution in [0.15, 0.2) is 15.7 Å². The maximum absolute atomic E-state index is 12.2. The van der Waals surface area contributed by atoms with Crippen LogP contribution >= 0.6 is 11.3 Å². The van der Waals surface area contributed by atoms with Crippen LogP contribution < -0.4 is 10.1 Å². The largest absolute Gasteiger partial charge is 0.316 e. The first-order valence-corrected chi connectivity index (χ1v) is 8.47. The van der Waals surface area contributed by atoms with E-state index in [1.165, 1.54) is 17.8 Å². The van der Waals surface area contributed by atoms with Crippen molar-refractivity contribution >= 4 is 21.4 Å². The van der Waals surface area contributed by atoms with Crippen molar-refractivity contribution in [2.24, 2.45) is 0 Å². The highest BCUT2D eigenvalue weighted by Gasteiger charge is 2.21. The number of hydrazine groups is 1. The maximum atomic E-state index is 12.2. The molecule has 1 aromatic heterocycles. The number of nitrogens with zero attached hydrogens (tertiary/aromatic N) is 1. The average Bonchev–Trinajstić information content (AvgIpc) is 2.80. The third kappa shape index (κ3) is 3.52. The Balaban J connectivity index is 2.04. The Morgan fingerprint density at radius 3 is 2.72 bits per heavy atom. The van der Waals surface area contributed by atoms with Crippen molar-refractivity contribution in [1.29, 1.82) is 0 Å². The maximum Gasteiger partial charge on any atom is 0.262 e. The average molecular weight is 289 g/mol. The van der Waals surface area contributed by atoms with E-state index in [0.29, 0.717) is 10.8 Å². The highest BCUT2D eigenvalue weighted by molar-refractivity contribution is 7.91. The van der Waals surface area contributed by atoms with Crippen LogP contribution in [0.5, 0.6) is 0 Å². The summed E-state index contributed by atoms with van der Waals surface area (Å²) in [7, 11) is -1.55. The van der Waals surface area contributed by atoms with Gasteiger partial charge in [-0.25, -0.2) is 13.4 Å². The van der Waals surface area contributed by atoms with Gasteiger partial charge in [0.1, 0.15) is 4.21 Å². The van der Waals surface area contributed by atoms with Crippen LogP contribution in [0.2, 0.25) is 0 Å². The van der Waals surface area contributed by atoms with Gasteiger partial charge in [0.25, 0.3) is 10.0 Å². The van der Waals surface area contributed by atoms with Gasteiger partial charge in [0.2, 0.25) is 0 Å². The van der Waals surface area contributed by atoms with Gasteiger partial charge in [-0.3, -0.25) is 0 Å². The molecule has 0 saturated carbocycles. The summed E-state index contributed by atoms with van der Waals surface area (Å²) in [5.41, 5.74) is 1.00. The molecule has 7 heteroatoms. The minimum absolute atomic E-state index is 0.387. The van der Waals surface area contributed by atoms with Crippen LogP contribution in [-0.2, 0) is 16.6 Å². The zero-order valence-corrected chi connectivity index (χ0v) is 12.1. The number of sulfonamides is 1. The van der Waals surface area contributed by atoms with E-state index in [9.17, 15) is 8.42 Å². The molecule has 1 saturated heterocycles. The van der Waals surface area contributed by atoms with E-state index in [0.717, 1.165) is 31.5 Å². The van der Waals surface area contributed by atoms with Crippen molar-refractivity contribution in [2.45, 2.75) is 30.0 Å². The normalized spacial score (nSPS) is 18.1. The number of rotatable bonds is 5. The Kier molecular flexibility index (Phi) is 4.74. The number of hydrogen-bond acceptors (Lipinski definition) is 5. The van der Waals surface area contributed by atoms with Gasteiger partial charge in [0, 0.05) is 19.6 Å². The fourth-order valence-corrected chi connectivity index (χ4v) is 4.31. The summed E-state index contributed by atoms with van der Waals surface area (Å²) < 4.78 is 24.7. The first-order valence-electron chi connectivity index (χ1n) is 6.11. The first kappa shape index (κ1) is 14.0. The SMILES string of the molecule is CNCc1csc(S(=O)(=O)NN2CCCCC2)c1. The lowest BCUT2D eigenvalue weighted by Crippen LogP contribution is -2.44. The molecule has 0 amide bonds. The number of piperidine rings is 1. The summed E-state index contributed by atoms with van der Waals surface area (Å²) in [4.78, 5) is 2.66. The zero-order chi connectivity index (χ0) is 13.0. The van der Waals surface area contributed by atoms with Gasteiger partial charge in [0.05, 0.1) is 0 Å². The molecule has 0 radical (unpaired) electrons. The molecule has 0 unspecified atom stereocenters. The minimum atomic E-state index is -3.39. The van der Waals surface area contributed by atoms with E-state index in [-0.39, 0.29) is 0 Å². The van der Waals surface area contributed by atoms with Crippen LogP contribution in [0.25, 0.3) is 0 Å². The topological polar surface area (TPSA) is 61.4 Å². The monoisotopic (exact) mass is 289 g/mol. The van der Waals surface area contributed by atoms with Crippen LogP contribution in [0, 0.1) is 0 Å². The van der Waals surface area contributed by atoms with E-state index < -0.39 is 10.0 Å². The van der Waals surface area contributed by atoms with E-state index in [1.807, 2.05) is 12.4 Å². The molecule has 2 heterocycles. The number of nitrogens with one attached hydrogen (secondary N) is 2. The molecule has 0 bridgehead atoms. The molecule has 2 N–H and O–H groups in total. The lowest BCUT2D eigenvalue weighted by molar-refractivity contribution is 0.200. The molecule has 0 aliphatic carbocycles. The molecular formula is C11H19N3O2S2. The quantitative estimate of drug-likeness (QED) is 0.853.